The molecule has 1 unspecified atom stereocenters. The van der Waals surface area contributed by atoms with Gasteiger partial charge in [0, 0.05) is 12.0 Å². The maximum atomic E-state index is 15.4. The molecule has 10 heteroatoms. The van der Waals surface area contributed by atoms with Crippen molar-refractivity contribution >= 4 is 21.5 Å². The fourth-order valence-corrected chi connectivity index (χ4v) is 4.69. The molecule has 1 amide bonds. The number of allylic oxidation sites excluding steroid dienone is 4. The number of sulfonamides is 1. The zero-order valence-electron chi connectivity index (χ0n) is 16.0. The Kier molecular flexibility index (Phi) is 4.57. The van der Waals surface area contributed by atoms with Crippen LogP contribution >= 0.6 is 0 Å². The fourth-order valence-electron chi connectivity index (χ4n) is 4.16. The molecule has 0 aliphatic heterocycles. The number of halogens is 2. The van der Waals surface area contributed by atoms with Gasteiger partial charge in [0.15, 0.2) is 0 Å². The van der Waals surface area contributed by atoms with Crippen LogP contribution in [0.5, 0.6) is 0 Å². The Balaban J connectivity index is 1.86. The standard InChI is InChI=1S/C20H19F2N3O4S/c1-30(28,29)24-18(27)19(9-10-19)20(25-17(26)16(22)12-23-25)8-7-14(15(21)11-20)13-5-3-2-4-6-13/h2-8,12,23H,9-11H2,1H3,(H,24,27). The van der Waals surface area contributed by atoms with Crippen molar-refractivity contribution in [3.8, 4) is 0 Å². The smallest absolute Gasteiger partial charge is 0.299 e. The molecule has 2 aromatic rings. The second kappa shape index (κ2) is 6.76. The molecule has 30 heavy (non-hydrogen) atoms. The van der Waals surface area contributed by atoms with Crippen molar-refractivity contribution in [3.63, 3.8) is 0 Å². The number of carbonyl (C=O) groups excluding carboxylic acids is 1. The van der Waals surface area contributed by atoms with Gasteiger partial charge in [-0.05, 0) is 18.4 Å². The number of nitrogens with one attached hydrogen (secondary N) is 2. The highest BCUT2D eigenvalue weighted by atomic mass is 32.2. The number of aromatic nitrogens is 2. The predicted octanol–water partition coefficient (Wildman–Crippen LogP) is 2.21. The van der Waals surface area contributed by atoms with Crippen LogP contribution in [0.25, 0.3) is 5.57 Å². The third kappa shape index (κ3) is 3.11. The van der Waals surface area contributed by atoms with E-state index in [1.807, 2.05) is 4.72 Å². The molecule has 1 fully saturated rings. The topological polar surface area (TPSA) is 101 Å². The largest absolute Gasteiger partial charge is 0.303 e. The number of aromatic amines is 1. The molecule has 158 valence electrons. The van der Waals surface area contributed by atoms with E-state index in [1.165, 1.54) is 12.2 Å². The highest BCUT2D eigenvalue weighted by Gasteiger charge is 2.66. The van der Waals surface area contributed by atoms with E-state index in [-0.39, 0.29) is 18.4 Å². The van der Waals surface area contributed by atoms with Crippen molar-refractivity contribution in [1.29, 1.82) is 0 Å². The van der Waals surface area contributed by atoms with Crippen LogP contribution in [0.4, 0.5) is 8.78 Å². The number of nitrogens with zero attached hydrogens (tertiary/aromatic N) is 1. The monoisotopic (exact) mass is 435 g/mol. The Morgan fingerprint density at radius 1 is 1.20 bits per heavy atom. The zero-order chi connectivity index (χ0) is 21.7. The summed E-state index contributed by atoms with van der Waals surface area (Å²) in [5, 5.41) is 2.48. The van der Waals surface area contributed by atoms with Crippen molar-refractivity contribution < 1.29 is 22.0 Å². The fraction of sp³-hybridized carbons (Fsp3) is 0.300. The average Bonchev–Trinajstić information content (AvgIpc) is 3.43. The summed E-state index contributed by atoms with van der Waals surface area (Å²) in [6, 6.07) is 8.72. The Hall–Kier alpha value is -3.01. The van der Waals surface area contributed by atoms with Crippen LogP contribution in [0, 0.1) is 11.2 Å². The highest BCUT2D eigenvalue weighted by Crippen LogP contribution is 2.61. The van der Waals surface area contributed by atoms with Gasteiger partial charge in [-0.15, -0.1) is 0 Å². The molecule has 2 aliphatic carbocycles. The molecule has 2 N–H and O–H groups in total. The summed E-state index contributed by atoms with van der Waals surface area (Å²) in [6.07, 6.45) is 4.61. The van der Waals surface area contributed by atoms with Gasteiger partial charge >= 0.3 is 5.56 Å². The lowest BCUT2D eigenvalue weighted by Crippen LogP contribution is -2.54. The third-order valence-electron chi connectivity index (χ3n) is 5.75. The SMILES string of the molecule is CS(=O)(=O)NC(=O)C1(C2(n3[nH]cc(F)c3=O)C=CC(c3ccccc3)=C(F)C2)CC1. The van der Waals surface area contributed by atoms with E-state index < -0.39 is 50.5 Å². The maximum absolute atomic E-state index is 15.4. The number of hydrogen-bond acceptors (Lipinski definition) is 4. The second-order valence-electron chi connectivity index (χ2n) is 7.67. The summed E-state index contributed by atoms with van der Waals surface area (Å²) in [5.41, 5.74) is -3.20. The van der Waals surface area contributed by atoms with E-state index in [1.54, 1.807) is 30.3 Å². The van der Waals surface area contributed by atoms with Gasteiger partial charge in [-0.3, -0.25) is 19.4 Å². The molecule has 1 aromatic heterocycles. The number of H-pyrrole nitrogens is 1. The van der Waals surface area contributed by atoms with Gasteiger partial charge in [0.1, 0.15) is 11.4 Å². The minimum atomic E-state index is -3.89. The summed E-state index contributed by atoms with van der Waals surface area (Å²) in [6.45, 7) is 0. The second-order valence-corrected chi connectivity index (χ2v) is 9.41. The lowest BCUT2D eigenvalue weighted by Gasteiger charge is -2.40. The van der Waals surface area contributed by atoms with Gasteiger partial charge in [-0.25, -0.2) is 17.5 Å². The van der Waals surface area contributed by atoms with Gasteiger partial charge in [0.25, 0.3) is 0 Å². The quantitative estimate of drug-likeness (QED) is 0.752. The van der Waals surface area contributed by atoms with Crippen LogP contribution in [0.2, 0.25) is 0 Å². The van der Waals surface area contributed by atoms with Gasteiger partial charge in [-0.1, -0.05) is 42.5 Å². The average molecular weight is 435 g/mol. The van der Waals surface area contributed by atoms with E-state index in [0.717, 1.165) is 17.1 Å². The molecule has 4 rings (SSSR count). The summed E-state index contributed by atoms with van der Waals surface area (Å²) in [7, 11) is -3.89. The van der Waals surface area contributed by atoms with Crippen molar-refractivity contribution in [3.05, 3.63) is 76.2 Å². The lowest BCUT2D eigenvalue weighted by molar-refractivity contribution is -0.128. The van der Waals surface area contributed by atoms with Crippen LogP contribution in [-0.2, 0) is 20.4 Å². The number of amides is 1. The zero-order valence-corrected chi connectivity index (χ0v) is 16.8. The summed E-state index contributed by atoms with van der Waals surface area (Å²) in [4.78, 5) is 25.4. The van der Waals surface area contributed by atoms with E-state index >= 15 is 4.39 Å². The molecular formula is C20H19F2N3O4S. The Morgan fingerprint density at radius 3 is 2.37 bits per heavy atom. The molecule has 1 atom stereocenters. The van der Waals surface area contributed by atoms with Crippen LogP contribution < -0.4 is 10.3 Å². The molecule has 7 nitrogen and oxygen atoms in total. The number of carbonyl (C=O) groups is 1. The first-order valence-corrected chi connectivity index (χ1v) is 11.1. The van der Waals surface area contributed by atoms with Crippen LogP contribution in [0.1, 0.15) is 24.8 Å². The van der Waals surface area contributed by atoms with E-state index in [2.05, 4.69) is 5.10 Å². The number of hydrogen-bond donors (Lipinski definition) is 2. The summed E-state index contributed by atoms with van der Waals surface area (Å²) in [5.74, 6) is -2.53. The number of benzene rings is 1. The maximum Gasteiger partial charge on any atom is 0.303 e. The highest BCUT2D eigenvalue weighted by molar-refractivity contribution is 7.89. The van der Waals surface area contributed by atoms with Crippen molar-refractivity contribution in [2.45, 2.75) is 24.8 Å². The molecule has 1 heterocycles. The molecule has 0 spiro atoms. The van der Waals surface area contributed by atoms with E-state index in [9.17, 15) is 22.4 Å². The molecule has 0 saturated heterocycles. The molecular weight excluding hydrogens is 416 g/mol. The van der Waals surface area contributed by atoms with Crippen LogP contribution in [0.3, 0.4) is 0 Å². The van der Waals surface area contributed by atoms with Gasteiger partial charge in [-0.2, -0.15) is 4.39 Å². The minimum Gasteiger partial charge on any atom is -0.299 e. The first-order chi connectivity index (χ1) is 14.1. The van der Waals surface area contributed by atoms with E-state index in [0.29, 0.717) is 5.56 Å². The molecule has 1 saturated carbocycles. The molecule has 2 aliphatic rings. The molecule has 0 bridgehead atoms. The molecule has 1 aromatic carbocycles. The van der Waals surface area contributed by atoms with E-state index in [4.69, 9.17) is 0 Å². The van der Waals surface area contributed by atoms with Crippen LogP contribution in [0.15, 0.2) is 59.3 Å². The normalized spacial score (nSPS) is 22.8. The third-order valence-corrected chi connectivity index (χ3v) is 6.30. The van der Waals surface area contributed by atoms with Gasteiger partial charge < -0.3 is 0 Å². The summed E-state index contributed by atoms with van der Waals surface area (Å²) < 4.78 is 55.4. The Labute approximate surface area is 171 Å². The lowest BCUT2D eigenvalue weighted by atomic mass is 9.73. The first-order valence-electron chi connectivity index (χ1n) is 9.22. The summed E-state index contributed by atoms with van der Waals surface area (Å²) >= 11 is 0. The van der Waals surface area contributed by atoms with Crippen LogP contribution in [-0.4, -0.2) is 30.4 Å². The minimum absolute atomic E-state index is 0.208. The van der Waals surface area contributed by atoms with Gasteiger partial charge in [0.05, 0.1) is 17.9 Å². The van der Waals surface area contributed by atoms with Crippen molar-refractivity contribution in [2.75, 3.05) is 6.26 Å². The first kappa shape index (κ1) is 20.3. The Morgan fingerprint density at radius 2 is 1.87 bits per heavy atom. The predicted molar refractivity (Wildman–Crippen MR) is 106 cm³/mol. The molecule has 0 radical (unpaired) electrons. The van der Waals surface area contributed by atoms with Gasteiger partial charge in [0.2, 0.25) is 21.7 Å². The number of rotatable bonds is 5. The van der Waals surface area contributed by atoms with Crippen molar-refractivity contribution in [1.82, 2.24) is 14.5 Å². The Bertz CT molecular complexity index is 1240. The van der Waals surface area contributed by atoms with Crippen molar-refractivity contribution in [2.24, 2.45) is 5.41 Å².